The third-order valence-corrected chi connectivity index (χ3v) is 6.29. The molecule has 1 amide bonds. The summed E-state index contributed by atoms with van der Waals surface area (Å²) < 4.78 is 39.5. The van der Waals surface area contributed by atoms with E-state index in [1.165, 1.54) is 22.8 Å². The number of amides is 1. The van der Waals surface area contributed by atoms with Gasteiger partial charge in [0.1, 0.15) is 11.6 Å². The summed E-state index contributed by atoms with van der Waals surface area (Å²) in [6, 6.07) is 7.64. The van der Waals surface area contributed by atoms with Gasteiger partial charge in [-0.25, -0.2) is 8.78 Å². The number of benzene rings is 2. The molecule has 0 fully saturated rings. The van der Waals surface area contributed by atoms with E-state index in [2.05, 4.69) is 5.32 Å². The second kappa shape index (κ2) is 8.11. The van der Waals surface area contributed by atoms with E-state index in [4.69, 9.17) is 11.6 Å². The number of rotatable bonds is 5. The first kappa shape index (κ1) is 20.6. The van der Waals surface area contributed by atoms with Crippen LogP contribution in [0.1, 0.15) is 16.8 Å². The molecule has 5 nitrogen and oxygen atoms in total. The molecule has 1 atom stereocenters. The standard InChI is InChI=1S/C18H13ClF2NO4PS/c19-11-1-4-16-13(8-11)14(9-28-16)17(27(24,25)26)18(23)22-6-5-10-7-12(20)2-3-15(10)21/h1-9,17H,(H,22,23)(H2,24,25,26). The number of nitrogens with one attached hydrogen (secondary N) is 1. The zero-order valence-electron chi connectivity index (χ0n) is 14.0. The third-order valence-electron chi connectivity index (χ3n) is 3.89. The quantitative estimate of drug-likeness (QED) is 0.492. The Hall–Kier alpha value is -2.09. The minimum atomic E-state index is -4.89. The van der Waals surface area contributed by atoms with Crippen LogP contribution in [0.4, 0.5) is 8.78 Å². The van der Waals surface area contributed by atoms with Gasteiger partial charge in [-0.15, -0.1) is 11.3 Å². The molecular formula is C18H13ClF2NO4PS. The molecule has 1 aromatic heterocycles. The van der Waals surface area contributed by atoms with Gasteiger partial charge in [0, 0.05) is 21.5 Å². The van der Waals surface area contributed by atoms with Gasteiger partial charge >= 0.3 is 7.60 Å². The van der Waals surface area contributed by atoms with Crippen LogP contribution in [0.3, 0.4) is 0 Å². The van der Waals surface area contributed by atoms with Gasteiger partial charge in [0.05, 0.1) is 0 Å². The van der Waals surface area contributed by atoms with E-state index < -0.39 is 30.8 Å². The van der Waals surface area contributed by atoms with Crippen LogP contribution in [0, 0.1) is 11.6 Å². The van der Waals surface area contributed by atoms with E-state index in [0.717, 1.165) is 30.5 Å². The van der Waals surface area contributed by atoms with Crippen molar-refractivity contribution in [1.82, 2.24) is 5.32 Å². The lowest BCUT2D eigenvalue weighted by atomic mass is 10.1. The van der Waals surface area contributed by atoms with E-state index in [1.54, 1.807) is 12.1 Å². The number of hydrogen-bond donors (Lipinski definition) is 3. The van der Waals surface area contributed by atoms with Crippen LogP contribution in [0.2, 0.25) is 5.02 Å². The lowest BCUT2D eigenvalue weighted by Crippen LogP contribution is -2.25. The van der Waals surface area contributed by atoms with Crippen molar-refractivity contribution in [2.75, 3.05) is 0 Å². The maximum Gasteiger partial charge on any atom is 0.342 e. The van der Waals surface area contributed by atoms with E-state index in [0.29, 0.717) is 15.1 Å². The second-order valence-corrected chi connectivity index (χ2v) is 8.87. The Morgan fingerprint density at radius 2 is 1.96 bits per heavy atom. The molecule has 0 saturated carbocycles. The van der Waals surface area contributed by atoms with Crippen LogP contribution >= 0.6 is 30.5 Å². The smallest absolute Gasteiger partial charge is 0.332 e. The Morgan fingerprint density at radius 1 is 1.21 bits per heavy atom. The summed E-state index contributed by atoms with van der Waals surface area (Å²) in [6.45, 7) is 0. The van der Waals surface area contributed by atoms with Crippen LogP contribution in [0.25, 0.3) is 16.2 Å². The van der Waals surface area contributed by atoms with Crippen molar-refractivity contribution in [3.63, 3.8) is 0 Å². The average molecular weight is 444 g/mol. The Balaban J connectivity index is 1.91. The normalized spacial score (nSPS) is 13.2. The highest BCUT2D eigenvalue weighted by atomic mass is 35.5. The molecule has 146 valence electrons. The molecule has 3 rings (SSSR count). The topological polar surface area (TPSA) is 86.6 Å². The SMILES string of the molecule is O=C(NC=Cc1cc(F)ccc1F)C(c1csc2ccc(Cl)cc12)P(=O)(O)O. The fourth-order valence-corrected chi connectivity index (χ4v) is 4.84. The molecule has 28 heavy (non-hydrogen) atoms. The van der Waals surface area contributed by atoms with E-state index in [9.17, 15) is 27.9 Å². The minimum absolute atomic E-state index is 0.124. The monoisotopic (exact) mass is 443 g/mol. The maximum atomic E-state index is 13.6. The van der Waals surface area contributed by atoms with Crippen molar-refractivity contribution in [3.05, 3.63) is 75.8 Å². The summed E-state index contributed by atoms with van der Waals surface area (Å²) in [7, 11) is -4.89. The van der Waals surface area contributed by atoms with Gasteiger partial charge in [-0.1, -0.05) is 11.6 Å². The number of carbonyl (C=O) groups is 1. The molecular weight excluding hydrogens is 431 g/mol. The van der Waals surface area contributed by atoms with Crippen molar-refractivity contribution < 1.29 is 27.9 Å². The molecule has 0 saturated heterocycles. The van der Waals surface area contributed by atoms with Crippen LogP contribution in [-0.4, -0.2) is 15.7 Å². The molecule has 1 heterocycles. The maximum absolute atomic E-state index is 13.6. The molecule has 0 spiro atoms. The Kier molecular flexibility index (Phi) is 5.98. The summed E-state index contributed by atoms with van der Waals surface area (Å²) in [5.74, 6) is -2.36. The largest absolute Gasteiger partial charge is 0.342 e. The zero-order chi connectivity index (χ0) is 20.5. The number of hydrogen-bond acceptors (Lipinski definition) is 3. The van der Waals surface area contributed by atoms with Gasteiger partial charge < -0.3 is 15.1 Å². The van der Waals surface area contributed by atoms with E-state index in [1.807, 2.05) is 0 Å². The summed E-state index contributed by atoms with van der Waals surface area (Å²) in [6.07, 6.45) is 2.10. The Labute approximate surface area is 167 Å². The Morgan fingerprint density at radius 3 is 2.68 bits per heavy atom. The van der Waals surface area contributed by atoms with Crippen LogP contribution in [-0.2, 0) is 9.36 Å². The number of fused-ring (bicyclic) bond motifs is 1. The third kappa shape index (κ3) is 4.48. The predicted octanol–water partition coefficient (Wildman–Crippen LogP) is 4.84. The summed E-state index contributed by atoms with van der Waals surface area (Å²) in [4.78, 5) is 32.0. The summed E-state index contributed by atoms with van der Waals surface area (Å²) in [5.41, 5.74) is -1.76. The highest BCUT2D eigenvalue weighted by molar-refractivity contribution is 7.53. The van der Waals surface area contributed by atoms with Crippen LogP contribution in [0.15, 0.2) is 48.0 Å². The zero-order valence-corrected chi connectivity index (χ0v) is 16.4. The molecule has 3 aromatic rings. The van der Waals surface area contributed by atoms with E-state index in [-0.39, 0.29) is 11.1 Å². The molecule has 2 aromatic carbocycles. The number of carbonyl (C=O) groups excluding carboxylic acids is 1. The van der Waals surface area contributed by atoms with Gasteiger partial charge in [-0.3, -0.25) is 9.36 Å². The highest BCUT2D eigenvalue weighted by Gasteiger charge is 2.38. The van der Waals surface area contributed by atoms with Crippen molar-refractivity contribution >= 4 is 52.6 Å². The molecule has 0 aliphatic rings. The van der Waals surface area contributed by atoms with Crippen LogP contribution < -0.4 is 5.32 Å². The molecule has 10 heteroatoms. The molecule has 0 aliphatic carbocycles. The Bertz CT molecular complexity index is 1130. The first-order valence-corrected chi connectivity index (χ1v) is 10.7. The fraction of sp³-hybridized carbons (Fsp3) is 0.0556. The number of thiophene rings is 1. The second-order valence-electron chi connectivity index (χ2n) is 5.83. The molecule has 3 N–H and O–H groups in total. The van der Waals surface area contributed by atoms with Gasteiger partial charge in [-0.05, 0) is 58.8 Å². The van der Waals surface area contributed by atoms with Gasteiger partial charge in [0.2, 0.25) is 5.91 Å². The summed E-state index contributed by atoms with van der Waals surface area (Å²) in [5, 5.41) is 4.53. The van der Waals surface area contributed by atoms with Gasteiger partial charge in [-0.2, -0.15) is 0 Å². The lowest BCUT2D eigenvalue weighted by molar-refractivity contribution is -0.120. The average Bonchev–Trinajstić information content (AvgIpc) is 2.99. The van der Waals surface area contributed by atoms with Crippen molar-refractivity contribution in [1.29, 1.82) is 0 Å². The molecule has 0 bridgehead atoms. The van der Waals surface area contributed by atoms with Crippen molar-refractivity contribution in [2.45, 2.75) is 5.66 Å². The van der Waals surface area contributed by atoms with Gasteiger partial charge in [0.25, 0.3) is 0 Å². The molecule has 0 radical (unpaired) electrons. The first-order chi connectivity index (χ1) is 13.2. The summed E-state index contributed by atoms with van der Waals surface area (Å²) >= 11 is 7.18. The highest BCUT2D eigenvalue weighted by Crippen LogP contribution is 2.54. The minimum Gasteiger partial charge on any atom is -0.332 e. The van der Waals surface area contributed by atoms with Crippen LogP contribution in [0.5, 0.6) is 0 Å². The number of halogens is 3. The van der Waals surface area contributed by atoms with Gasteiger partial charge in [0.15, 0.2) is 5.66 Å². The van der Waals surface area contributed by atoms with E-state index >= 15 is 0 Å². The lowest BCUT2D eigenvalue weighted by Gasteiger charge is -2.16. The first-order valence-electron chi connectivity index (χ1n) is 7.80. The van der Waals surface area contributed by atoms with Crippen molar-refractivity contribution in [3.8, 4) is 0 Å². The van der Waals surface area contributed by atoms with Crippen molar-refractivity contribution in [2.24, 2.45) is 0 Å². The predicted molar refractivity (Wildman–Crippen MR) is 105 cm³/mol. The molecule has 0 aliphatic heterocycles. The fourth-order valence-electron chi connectivity index (χ4n) is 2.64. The molecule has 1 unspecified atom stereocenters.